The van der Waals surface area contributed by atoms with Crippen molar-refractivity contribution in [2.24, 2.45) is 5.73 Å². The Balaban J connectivity index is 1.64. The third-order valence-corrected chi connectivity index (χ3v) is 7.70. The van der Waals surface area contributed by atoms with Gasteiger partial charge in [0.25, 0.3) is 0 Å². The number of hydrogen-bond acceptors (Lipinski definition) is 6. The first-order chi connectivity index (χ1) is 17.9. The fourth-order valence-electron chi connectivity index (χ4n) is 5.31. The molecule has 0 spiro atoms. The van der Waals surface area contributed by atoms with E-state index in [1.165, 1.54) is 0 Å². The summed E-state index contributed by atoms with van der Waals surface area (Å²) < 4.78 is 7.02. The predicted octanol–water partition coefficient (Wildman–Crippen LogP) is 6.34. The van der Waals surface area contributed by atoms with Gasteiger partial charge in [0.05, 0.1) is 33.9 Å². The van der Waals surface area contributed by atoms with Gasteiger partial charge in [-0.1, -0.05) is 29.8 Å². The fraction of sp³-hybridized carbons (Fsp3) is 0.233. The van der Waals surface area contributed by atoms with Crippen molar-refractivity contribution in [1.82, 2.24) is 4.98 Å². The molecule has 0 radical (unpaired) electrons. The molecule has 1 unspecified atom stereocenters. The Morgan fingerprint density at radius 2 is 2.00 bits per heavy atom. The van der Waals surface area contributed by atoms with Crippen molar-refractivity contribution < 1.29 is 9.53 Å². The highest BCUT2D eigenvalue weighted by Crippen LogP contribution is 2.47. The van der Waals surface area contributed by atoms with Crippen LogP contribution in [0.2, 0.25) is 0 Å². The van der Waals surface area contributed by atoms with Crippen molar-refractivity contribution >= 4 is 27.4 Å². The van der Waals surface area contributed by atoms with Gasteiger partial charge in [0.1, 0.15) is 18.2 Å². The van der Waals surface area contributed by atoms with Crippen LogP contribution in [0.4, 0.5) is 5.69 Å². The van der Waals surface area contributed by atoms with Gasteiger partial charge in [-0.3, -0.25) is 14.7 Å². The molecular formula is C30H27BrN4O2. The summed E-state index contributed by atoms with van der Waals surface area (Å²) in [5.41, 5.74) is 13.3. The average molecular weight is 555 g/mol. The summed E-state index contributed by atoms with van der Waals surface area (Å²) in [4.78, 5) is 19.6. The highest BCUT2D eigenvalue weighted by molar-refractivity contribution is 9.10. The molecule has 0 saturated carbocycles. The first kappa shape index (κ1) is 24.8. The number of allylic oxidation sites excluding steroid dienone is 3. The molecule has 2 heterocycles. The van der Waals surface area contributed by atoms with Crippen LogP contribution >= 0.6 is 15.9 Å². The summed E-state index contributed by atoms with van der Waals surface area (Å²) in [6.07, 6.45) is 5.30. The van der Waals surface area contributed by atoms with Gasteiger partial charge in [-0.25, -0.2) is 0 Å². The quantitative estimate of drug-likeness (QED) is 0.395. The summed E-state index contributed by atoms with van der Waals surface area (Å²) in [5.74, 6) is 0.639. The van der Waals surface area contributed by atoms with Crippen LogP contribution in [0.15, 0.2) is 88.1 Å². The molecule has 2 N–H and O–H groups in total. The van der Waals surface area contributed by atoms with Crippen molar-refractivity contribution in [3.05, 3.63) is 110 Å². The second-order valence-electron chi connectivity index (χ2n) is 9.38. The standard InChI is InChI=1S/C30H27BrN4O2/c1-18-13-20(17-37-27-11-4-3-8-24(27)31)19(2)22(14-18)28-23(15-32)30(33)35(21-7-6-12-34-16-21)25-9-5-10-26(36)29(25)28/h3-4,6-8,11-14,16,28H,5,9-10,17,33H2,1-2H3. The Labute approximate surface area is 225 Å². The molecule has 6 nitrogen and oxygen atoms in total. The normalized spacial score (nSPS) is 17.5. The number of rotatable bonds is 5. The summed E-state index contributed by atoms with van der Waals surface area (Å²) in [5, 5.41) is 10.4. The van der Waals surface area contributed by atoms with E-state index >= 15 is 0 Å². The Bertz CT molecular complexity index is 1490. The van der Waals surface area contributed by atoms with Gasteiger partial charge in [0.2, 0.25) is 0 Å². The number of pyridine rings is 1. The Hall–Kier alpha value is -3.89. The third kappa shape index (κ3) is 4.54. The lowest BCUT2D eigenvalue weighted by Crippen LogP contribution is -2.39. The van der Waals surface area contributed by atoms with E-state index in [2.05, 4.69) is 39.1 Å². The largest absolute Gasteiger partial charge is 0.488 e. The van der Waals surface area contributed by atoms with Crippen LogP contribution in [0.3, 0.4) is 0 Å². The number of ketones is 1. The zero-order valence-electron chi connectivity index (χ0n) is 20.8. The number of Topliss-reactive ketones (excluding diaryl/α,β-unsaturated/α-hetero) is 1. The maximum atomic E-state index is 13.5. The third-order valence-electron chi connectivity index (χ3n) is 7.05. The SMILES string of the molecule is Cc1cc(COc2ccccc2Br)c(C)c(C2C(C#N)=C(N)N(c3cccnc3)C3=C2C(=O)CCC3)c1. The number of aromatic nitrogens is 1. The van der Waals surface area contributed by atoms with Crippen LogP contribution in [0.25, 0.3) is 0 Å². The molecule has 186 valence electrons. The minimum absolute atomic E-state index is 0.0623. The molecule has 2 aromatic carbocycles. The maximum absolute atomic E-state index is 13.5. The van der Waals surface area contributed by atoms with Crippen LogP contribution in [-0.4, -0.2) is 10.8 Å². The van der Waals surface area contributed by atoms with Crippen molar-refractivity contribution in [3.8, 4) is 11.8 Å². The summed E-state index contributed by atoms with van der Waals surface area (Å²) >= 11 is 3.54. The van der Waals surface area contributed by atoms with Crippen molar-refractivity contribution in [2.75, 3.05) is 4.90 Å². The van der Waals surface area contributed by atoms with E-state index < -0.39 is 5.92 Å². The lowest BCUT2D eigenvalue weighted by molar-refractivity contribution is -0.116. The van der Waals surface area contributed by atoms with E-state index in [-0.39, 0.29) is 5.78 Å². The second-order valence-corrected chi connectivity index (χ2v) is 10.2. The molecule has 1 aromatic heterocycles. The Kier molecular flexibility index (Phi) is 6.86. The number of hydrogen-bond donors (Lipinski definition) is 1. The second kappa shape index (κ2) is 10.2. The van der Waals surface area contributed by atoms with Crippen LogP contribution < -0.4 is 15.4 Å². The lowest BCUT2D eigenvalue weighted by Gasteiger charge is -2.40. The van der Waals surface area contributed by atoms with Gasteiger partial charge in [-0.2, -0.15) is 5.26 Å². The minimum Gasteiger partial charge on any atom is -0.488 e. The fourth-order valence-corrected chi connectivity index (χ4v) is 5.71. The van der Waals surface area contributed by atoms with Crippen LogP contribution in [0.1, 0.15) is 47.4 Å². The molecule has 5 rings (SSSR count). The molecule has 7 heteroatoms. The molecular weight excluding hydrogens is 528 g/mol. The zero-order valence-corrected chi connectivity index (χ0v) is 22.4. The smallest absolute Gasteiger partial charge is 0.161 e. The predicted molar refractivity (Wildman–Crippen MR) is 147 cm³/mol. The molecule has 0 bridgehead atoms. The number of para-hydroxylation sites is 1. The van der Waals surface area contributed by atoms with Gasteiger partial charge in [-0.05, 0) is 83.6 Å². The molecule has 1 atom stereocenters. The molecule has 2 aliphatic rings. The van der Waals surface area contributed by atoms with Crippen molar-refractivity contribution in [1.29, 1.82) is 5.26 Å². The van der Waals surface area contributed by atoms with Crippen molar-refractivity contribution in [2.45, 2.75) is 45.6 Å². The van der Waals surface area contributed by atoms with E-state index in [9.17, 15) is 10.1 Å². The van der Waals surface area contributed by atoms with Gasteiger partial charge >= 0.3 is 0 Å². The number of carbonyl (C=O) groups is 1. The molecule has 1 aliphatic carbocycles. The first-order valence-electron chi connectivity index (χ1n) is 12.2. The summed E-state index contributed by atoms with van der Waals surface area (Å²) in [6.45, 7) is 4.41. The highest BCUT2D eigenvalue weighted by Gasteiger charge is 2.41. The summed E-state index contributed by atoms with van der Waals surface area (Å²) in [7, 11) is 0. The van der Waals surface area contributed by atoms with Gasteiger partial charge < -0.3 is 10.5 Å². The highest BCUT2D eigenvalue weighted by atomic mass is 79.9. The summed E-state index contributed by atoms with van der Waals surface area (Å²) in [6, 6.07) is 18.0. The monoisotopic (exact) mass is 554 g/mol. The topological polar surface area (TPSA) is 92.2 Å². The van der Waals surface area contributed by atoms with Gasteiger partial charge in [-0.15, -0.1) is 0 Å². The van der Waals surface area contributed by atoms with Gasteiger partial charge in [0.15, 0.2) is 5.78 Å². The molecule has 1 aliphatic heterocycles. The number of ether oxygens (including phenoxy) is 1. The number of benzene rings is 2. The number of aryl methyl sites for hydroxylation is 1. The average Bonchev–Trinajstić information content (AvgIpc) is 2.90. The zero-order chi connectivity index (χ0) is 26.1. The number of nitrogens with two attached hydrogens (primary N) is 1. The minimum atomic E-state index is -0.525. The number of nitriles is 1. The molecule has 0 amide bonds. The number of carbonyl (C=O) groups excluding carboxylic acids is 1. The van der Waals surface area contributed by atoms with Crippen LogP contribution in [0.5, 0.6) is 5.75 Å². The van der Waals surface area contributed by atoms with E-state index in [0.717, 1.165) is 50.3 Å². The number of anilines is 1. The van der Waals surface area contributed by atoms with Crippen molar-refractivity contribution in [3.63, 3.8) is 0 Å². The van der Waals surface area contributed by atoms with E-state index in [1.807, 2.05) is 55.1 Å². The van der Waals surface area contributed by atoms with Crippen LogP contribution in [-0.2, 0) is 11.4 Å². The number of nitrogens with zero attached hydrogens (tertiary/aromatic N) is 3. The Morgan fingerprint density at radius 3 is 2.73 bits per heavy atom. The number of halogens is 1. The van der Waals surface area contributed by atoms with E-state index in [1.54, 1.807) is 12.4 Å². The van der Waals surface area contributed by atoms with Crippen LogP contribution in [0, 0.1) is 25.2 Å². The Morgan fingerprint density at radius 1 is 1.19 bits per heavy atom. The maximum Gasteiger partial charge on any atom is 0.161 e. The van der Waals surface area contributed by atoms with E-state index in [0.29, 0.717) is 36.4 Å². The molecule has 3 aromatic rings. The molecule has 0 fully saturated rings. The lowest BCUT2D eigenvalue weighted by atomic mass is 9.73. The molecule has 0 saturated heterocycles. The van der Waals surface area contributed by atoms with E-state index in [4.69, 9.17) is 10.5 Å². The first-order valence-corrected chi connectivity index (χ1v) is 13.0. The van der Waals surface area contributed by atoms with Gasteiger partial charge in [0, 0.05) is 23.9 Å². The molecule has 37 heavy (non-hydrogen) atoms.